The summed E-state index contributed by atoms with van der Waals surface area (Å²) in [5, 5.41) is 1.59. The highest BCUT2D eigenvalue weighted by Crippen LogP contribution is 2.37. The van der Waals surface area contributed by atoms with Gasteiger partial charge in [-0.15, -0.1) is 0 Å². The smallest absolute Gasteiger partial charge is 0.138 e. The summed E-state index contributed by atoms with van der Waals surface area (Å²) in [4.78, 5) is 3.28. The fourth-order valence-corrected chi connectivity index (χ4v) is 2.94. The minimum Gasteiger partial charge on any atom is -0.495 e. The van der Waals surface area contributed by atoms with Crippen molar-refractivity contribution >= 4 is 38.4 Å². The first-order valence-electron chi connectivity index (χ1n) is 5.18. The minimum absolute atomic E-state index is 0.447. The van der Waals surface area contributed by atoms with Crippen LogP contribution in [0, 0.1) is 0 Å². The fourth-order valence-electron chi connectivity index (χ4n) is 1.76. The lowest BCUT2D eigenvalue weighted by Crippen LogP contribution is -2.29. The van der Waals surface area contributed by atoms with Crippen LogP contribution < -0.4 is 10.5 Å². The molecule has 92 valence electrons. The molecule has 3 nitrogen and oxygen atoms in total. The van der Waals surface area contributed by atoms with E-state index in [0.717, 1.165) is 21.1 Å². The van der Waals surface area contributed by atoms with Gasteiger partial charge in [-0.3, -0.25) is 0 Å². The van der Waals surface area contributed by atoms with Crippen molar-refractivity contribution in [2.45, 2.75) is 19.4 Å². The lowest BCUT2D eigenvalue weighted by Gasteiger charge is -2.17. The number of methoxy groups -OCH3 is 1. The van der Waals surface area contributed by atoms with Crippen LogP contribution in [0.4, 0.5) is 0 Å². The van der Waals surface area contributed by atoms with E-state index >= 15 is 0 Å². The van der Waals surface area contributed by atoms with Gasteiger partial charge < -0.3 is 15.5 Å². The van der Waals surface area contributed by atoms with Crippen molar-refractivity contribution in [2.24, 2.45) is 5.73 Å². The van der Waals surface area contributed by atoms with E-state index in [1.54, 1.807) is 7.11 Å². The van der Waals surface area contributed by atoms with E-state index in [0.29, 0.717) is 10.8 Å². The van der Waals surface area contributed by atoms with Gasteiger partial charge >= 0.3 is 0 Å². The number of halogens is 2. The van der Waals surface area contributed by atoms with E-state index in [-0.39, 0.29) is 0 Å². The third kappa shape index (κ3) is 2.17. The summed E-state index contributed by atoms with van der Waals surface area (Å²) < 4.78 is 6.16. The Morgan fingerprint density at radius 1 is 1.41 bits per heavy atom. The second kappa shape index (κ2) is 4.19. The van der Waals surface area contributed by atoms with Gasteiger partial charge in [-0.25, -0.2) is 0 Å². The second-order valence-corrected chi connectivity index (χ2v) is 5.77. The number of nitrogens with two attached hydrogens (primary N) is 1. The van der Waals surface area contributed by atoms with Gasteiger partial charge in [-0.2, -0.15) is 0 Å². The number of fused-ring (bicyclic) bond motifs is 1. The summed E-state index contributed by atoms with van der Waals surface area (Å²) in [7, 11) is 1.60. The van der Waals surface area contributed by atoms with Gasteiger partial charge in [0.25, 0.3) is 0 Å². The van der Waals surface area contributed by atoms with Crippen LogP contribution in [-0.4, -0.2) is 12.1 Å². The summed E-state index contributed by atoms with van der Waals surface area (Å²) in [6.07, 6.45) is 0. The maximum absolute atomic E-state index is 6.10. The molecule has 0 bridgehead atoms. The van der Waals surface area contributed by atoms with E-state index in [2.05, 4.69) is 20.9 Å². The molecule has 0 atom stereocenters. The largest absolute Gasteiger partial charge is 0.495 e. The van der Waals surface area contributed by atoms with Gasteiger partial charge in [-0.05, 0) is 41.9 Å². The molecule has 0 radical (unpaired) electrons. The van der Waals surface area contributed by atoms with Crippen molar-refractivity contribution in [1.29, 1.82) is 0 Å². The highest BCUT2D eigenvalue weighted by atomic mass is 79.9. The zero-order chi connectivity index (χ0) is 12.8. The number of H-pyrrole nitrogens is 1. The van der Waals surface area contributed by atoms with Gasteiger partial charge in [0.05, 0.1) is 17.7 Å². The molecule has 0 saturated heterocycles. The Hall–Kier alpha value is -0.710. The quantitative estimate of drug-likeness (QED) is 0.885. The number of hydrogen-bond donors (Lipinski definition) is 2. The van der Waals surface area contributed by atoms with E-state index in [1.165, 1.54) is 0 Å². The van der Waals surface area contributed by atoms with Crippen LogP contribution in [-0.2, 0) is 5.54 Å². The van der Waals surface area contributed by atoms with Crippen molar-refractivity contribution in [3.05, 3.63) is 27.3 Å². The molecule has 1 aromatic heterocycles. The first-order chi connectivity index (χ1) is 7.84. The summed E-state index contributed by atoms with van der Waals surface area (Å²) in [6.45, 7) is 3.89. The molecule has 0 spiro atoms. The van der Waals surface area contributed by atoms with Gasteiger partial charge in [0.15, 0.2) is 0 Å². The van der Waals surface area contributed by atoms with Crippen LogP contribution in [0.2, 0.25) is 5.02 Å². The number of nitrogens with one attached hydrogen (secondary N) is 1. The van der Waals surface area contributed by atoms with Crippen LogP contribution in [0.1, 0.15) is 19.5 Å². The first kappa shape index (κ1) is 12.7. The van der Waals surface area contributed by atoms with Gasteiger partial charge in [0, 0.05) is 21.1 Å². The third-order valence-corrected chi connectivity index (χ3v) is 3.77. The summed E-state index contributed by atoms with van der Waals surface area (Å²) in [6, 6.07) is 3.74. The third-order valence-electron chi connectivity index (χ3n) is 2.65. The van der Waals surface area contributed by atoms with E-state index in [4.69, 9.17) is 22.1 Å². The highest BCUT2D eigenvalue weighted by molar-refractivity contribution is 9.10. The van der Waals surface area contributed by atoms with E-state index in [9.17, 15) is 0 Å². The maximum Gasteiger partial charge on any atom is 0.138 e. The molecule has 0 aliphatic heterocycles. The molecule has 0 unspecified atom stereocenters. The van der Waals surface area contributed by atoms with Crippen LogP contribution in [0.15, 0.2) is 16.6 Å². The highest BCUT2D eigenvalue weighted by Gasteiger charge is 2.22. The van der Waals surface area contributed by atoms with Gasteiger partial charge in [-0.1, -0.05) is 11.6 Å². The normalized spacial score (nSPS) is 12.1. The van der Waals surface area contributed by atoms with Gasteiger partial charge in [0.2, 0.25) is 0 Å². The number of ether oxygens (including phenoxy) is 1. The minimum atomic E-state index is -0.447. The molecule has 1 heterocycles. The van der Waals surface area contributed by atoms with Crippen LogP contribution in [0.3, 0.4) is 0 Å². The molecule has 2 aromatic rings. The summed E-state index contributed by atoms with van der Waals surface area (Å²) >= 11 is 9.65. The number of hydrogen-bond acceptors (Lipinski definition) is 2. The Morgan fingerprint density at radius 2 is 2.06 bits per heavy atom. The van der Waals surface area contributed by atoms with Crippen molar-refractivity contribution in [3.63, 3.8) is 0 Å². The van der Waals surface area contributed by atoms with Crippen molar-refractivity contribution < 1.29 is 4.74 Å². The maximum atomic E-state index is 6.10. The Kier molecular flexibility index (Phi) is 3.14. The average Bonchev–Trinajstić information content (AvgIpc) is 2.54. The number of rotatable bonds is 2. The topological polar surface area (TPSA) is 51.0 Å². The molecule has 0 aliphatic carbocycles. The molecule has 0 saturated carbocycles. The molecule has 17 heavy (non-hydrogen) atoms. The Balaban J connectivity index is 2.75. The molecule has 3 N–H and O–H groups in total. The van der Waals surface area contributed by atoms with E-state index < -0.39 is 5.54 Å². The molecule has 0 aliphatic rings. The van der Waals surface area contributed by atoms with Crippen LogP contribution in [0.5, 0.6) is 5.75 Å². The zero-order valence-corrected chi connectivity index (χ0v) is 12.2. The van der Waals surface area contributed by atoms with Crippen LogP contribution in [0.25, 0.3) is 10.9 Å². The molecule has 0 amide bonds. The number of aromatic amines is 1. The molecular formula is C12H14BrClN2O. The number of benzene rings is 1. The number of aromatic nitrogens is 1. The predicted octanol–water partition coefficient (Wildman–Crippen LogP) is 3.79. The molecular weight excluding hydrogens is 304 g/mol. The monoisotopic (exact) mass is 316 g/mol. The van der Waals surface area contributed by atoms with Crippen molar-refractivity contribution in [3.8, 4) is 5.75 Å². The zero-order valence-electron chi connectivity index (χ0n) is 9.90. The lowest BCUT2D eigenvalue weighted by atomic mass is 10.0. The van der Waals surface area contributed by atoms with Crippen molar-refractivity contribution in [2.75, 3.05) is 7.11 Å². The Labute approximate surface area is 113 Å². The lowest BCUT2D eigenvalue weighted by molar-refractivity contribution is 0.415. The second-order valence-electron chi connectivity index (χ2n) is 4.57. The van der Waals surface area contributed by atoms with Crippen molar-refractivity contribution in [1.82, 2.24) is 4.98 Å². The fraction of sp³-hybridized carbons (Fsp3) is 0.333. The Bertz CT molecular complexity index is 572. The average molecular weight is 318 g/mol. The van der Waals surface area contributed by atoms with Gasteiger partial charge in [0.1, 0.15) is 5.75 Å². The molecule has 1 aromatic carbocycles. The summed E-state index contributed by atoms with van der Waals surface area (Å²) in [5.74, 6) is 0.653. The predicted molar refractivity (Wildman–Crippen MR) is 74.8 cm³/mol. The SMILES string of the molecule is COc1cc2c(Br)c(C(C)(C)N)[nH]c2cc1Cl. The molecule has 0 fully saturated rings. The Morgan fingerprint density at radius 3 is 2.59 bits per heavy atom. The molecule has 2 rings (SSSR count). The van der Waals surface area contributed by atoms with Crippen LogP contribution >= 0.6 is 27.5 Å². The first-order valence-corrected chi connectivity index (χ1v) is 6.35. The molecule has 5 heteroatoms. The summed E-state index contributed by atoms with van der Waals surface area (Å²) in [5.41, 5.74) is 7.54. The van der Waals surface area contributed by atoms with E-state index in [1.807, 2.05) is 26.0 Å². The standard InChI is InChI=1S/C12H14BrClN2O/c1-12(2,15)11-10(13)6-4-9(17-3)7(14)5-8(6)16-11/h4-5,16H,15H2,1-3H3.